The van der Waals surface area contributed by atoms with Crippen molar-refractivity contribution in [2.75, 3.05) is 5.01 Å². The zero-order chi connectivity index (χ0) is 17.2. The van der Waals surface area contributed by atoms with E-state index in [4.69, 9.17) is 0 Å². The highest BCUT2D eigenvalue weighted by molar-refractivity contribution is 5.63. The van der Waals surface area contributed by atoms with Gasteiger partial charge in [-0.25, -0.2) is 9.69 Å². The molecule has 4 nitrogen and oxygen atoms in total. The lowest BCUT2D eigenvalue weighted by Gasteiger charge is -2.31. The minimum Gasteiger partial charge on any atom is -0.507 e. The summed E-state index contributed by atoms with van der Waals surface area (Å²) in [5, 5.41) is 12.2. The third-order valence-electron chi connectivity index (χ3n) is 4.67. The molecule has 0 fully saturated rings. The van der Waals surface area contributed by atoms with Crippen LogP contribution < -0.4 is 10.6 Å². The van der Waals surface area contributed by atoms with Crippen LogP contribution >= 0.6 is 0 Å². The normalized spacial score (nSPS) is 13.3. The van der Waals surface area contributed by atoms with E-state index in [0.717, 1.165) is 48.3 Å². The highest BCUT2D eigenvalue weighted by Crippen LogP contribution is 2.31. The summed E-state index contributed by atoms with van der Waals surface area (Å²) >= 11 is 0. The maximum absolute atomic E-state index is 12.9. The van der Waals surface area contributed by atoms with Crippen molar-refractivity contribution >= 4 is 11.4 Å². The molecule has 1 N–H and O–H groups in total. The number of aromatic nitrogens is 1. The van der Waals surface area contributed by atoms with Crippen LogP contribution in [-0.4, -0.2) is 9.78 Å². The Kier molecular flexibility index (Phi) is 4.02. The number of fused-ring (bicyclic) bond motifs is 1. The van der Waals surface area contributed by atoms with Crippen molar-refractivity contribution in [3.8, 4) is 5.75 Å². The lowest BCUT2D eigenvalue weighted by atomic mass is 9.95. The molecule has 0 radical (unpaired) electrons. The monoisotopic (exact) mass is 332 g/mol. The van der Waals surface area contributed by atoms with Gasteiger partial charge in [0.25, 0.3) is 5.56 Å². The Morgan fingerprint density at radius 2 is 1.40 bits per heavy atom. The number of anilines is 2. The third-order valence-corrected chi connectivity index (χ3v) is 4.67. The molecule has 0 aliphatic heterocycles. The molecule has 4 heteroatoms. The number of rotatable bonds is 3. The van der Waals surface area contributed by atoms with Gasteiger partial charge in [0.05, 0.1) is 17.1 Å². The molecule has 0 amide bonds. The van der Waals surface area contributed by atoms with Crippen molar-refractivity contribution in [1.82, 2.24) is 4.68 Å². The first kappa shape index (κ1) is 15.5. The average molecular weight is 332 g/mol. The van der Waals surface area contributed by atoms with E-state index in [-0.39, 0.29) is 11.3 Å². The Bertz CT molecular complexity index is 894. The molecule has 1 heterocycles. The van der Waals surface area contributed by atoms with Crippen LogP contribution in [0.4, 0.5) is 11.4 Å². The highest BCUT2D eigenvalue weighted by atomic mass is 16.3. The average Bonchev–Trinajstić information content (AvgIpc) is 2.66. The predicted octanol–water partition coefficient (Wildman–Crippen LogP) is 4.03. The second-order valence-corrected chi connectivity index (χ2v) is 6.29. The van der Waals surface area contributed by atoms with E-state index in [0.29, 0.717) is 0 Å². The van der Waals surface area contributed by atoms with Crippen LogP contribution in [0, 0.1) is 0 Å². The van der Waals surface area contributed by atoms with Gasteiger partial charge in [0.15, 0.2) is 0 Å². The minimum absolute atomic E-state index is 0.122. The number of nitrogens with zero attached hydrogens (tertiary/aromatic N) is 2. The number of hydrogen-bond donors (Lipinski definition) is 1. The standard InChI is InChI=1S/C21H20N2O2/c24-20-15-21(25)23(19-14-8-7-13-18(19)20)22(16-9-3-1-4-10-16)17-11-5-2-6-12-17/h1-6,9-12,15,24H,7-8,13-14H2. The molecule has 1 aliphatic rings. The van der Waals surface area contributed by atoms with Gasteiger partial charge in [-0.3, -0.25) is 4.79 Å². The largest absolute Gasteiger partial charge is 0.507 e. The summed E-state index contributed by atoms with van der Waals surface area (Å²) in [6.07, 6.45) is 3.65. The summed E-state index contributed by atoms with van der Waals surface area (Å²) in [5.41, 5.74) is 3.40. The van der Waals surface area contributed by atoms with Crippen LogP contribution in [-0.2, 0) is 12.8 Å². The van der Waals surface area contributed by atoms with Crippen LogP contribution in [0.5, 0.6) is 5.75 Å². The van der Waals surface area contributed by atoms with Gasteiger partial charge in [0.1, 0.15) is 5.75 Å². The number of para-hydroxylation sites is 2. The fraction of sp³-hybridized carbons (Fsp3) is 0.190. The predicted molar refractivity (Wildman–Crippen MR) is 99.4 cm³/mol. The Morgan fingerprint density at radius 1 is 0.840 bits per heavy atom. The van der Waals surface area contributed by atoms with Crippen LogP contribution in [0.2, 0.25) is 0 Å². The van der Waals surface area contributed by atoms with E-state index in [2.05, 4.69) is 0 Å². The van der Waals surface area contributed by atoms with Gasteiger partial charge >= 0.3 is 0 Å². The maximum Gasteiger partial charge on any atom is 0.273 e. The number of benzene rings is 2. The minimum atomic E-state index is -0.217. The fourth-order valence-electron chi connectivity index (χ4n) is 3.53. The van der Waals surface area contributed by atoms with E-state index in [1.165, 1.54) is 6.07 Å². The Labute approximate surface area is 146 Å². The van der Waals surface area contributed by atoms with Gasteiger partial charge in [-0.15, -0.1) is 0 Å². The van der Waals surface area contributed by atoms with Crippen LogP contribution in [0.25, 0.3) is 0 Å². The van der Waals surface area contributed by atoms with E-state index in [9.17, 15) is 9.90 Å². The van der Waals surface area contributed by atoms with E-state index in [1.807, 2.05) is 65.7 Å². The van der Waals surface area contributed by atoms with E-state index < -0.39 is 0 Å². The molecule has 0 atom stereocenters. The molecular weight excluding hydrogens is 312 g/mol. The molecule has 3 aromatic rings. The molecule has 4 rings (SSSR count). The van der Waals surface area contributed by atoms with E-state index in [1.54, 1.807) is 4.68 Å². The molecule has 25 heavy (non-hydrogen) atoms. The zero-order valence-electron chi connectivity index (χ0n) is 13.9. The smallest absolute Gasteiger partial charge is 0.273 e. The molecule has 0 saturated carbocycles. The summed E-state index contributed by atoms with van der Waals surface area (Å²) in [6.45, 7) is 0. The number of aromatic hydroxyl groups is 1. The first-order valence-electron chi connectivity index (χ1n) is 8.63. The van der Waals surface area contributed by atoms with Crippen LogP contribution in [0.3, 0.4) is 0 Å². The Balaban J connectivity index is 2.00. The molecule has 0 saturated heterocycles. The summed E-state index contributed by atoms with van der Waals surface area (Å²) in [5.74, 6) is 0.122. The molecule has 1 aliphatic carbocycles. The first-order valence-corrected chi connectivity index (χ1v) is 8.63. The Hall–Kier alpha value is -3.01. The topological polar surface area (TPSA) is 45.5 Å². The molecule has 0 unspecified atom stereocenters. The van der Waals surface area contributed by atoms with Crippen molar-refractivity contribution in [1.29, 1.82) is 0 Å². The summed E-state index contributed by atoms with van der Waals surface area (Å²) in [6, 6.07) is 21.1. The fourth-order valence-corrected chi connectivity index (χ4v) is 3.53. The summed E-state index contributed by atoms with van der Waals surface area (Å²) < 4.78 is 1.72. The SMILES string of the molecule is O=c1cc(O)c2c(n1N(c1ccccc1)c1ccccc1)CCCC2. The zero-order valence-corrected chi connectivity index (χ0v) is 13.9. The third kappa shape index (κ3) is 2.80. The lowest BCUT2D eigenvalue weighted by Crippen LogP contribution is -2.38. The van der Waals surface area contributed by atoms with Crippen molar-refractivity contribution in [2.24, 2.45) is 0 Å². The molecule has 126 valence electrons. The lowest BCUT2D eigenvalue weighted by molar-refractivity contribution is 0.452. The van der Waals surface area contributed by atoms with Gasteiger partial charge in [0.2, 0.25) is 0 Å². The molecule has 1 aromatic heterocycles. The summed E-state index contributed by atoms with van der Waals surface area (Å²) in [7, 11) is 0. The molecule has 0 spiro atoms. The quantitative estimate of drug-likeness (QED) is 0.787. The van der Waals surface area contributed by atoms with E-state index >= 15 is 0 Å². The van der Waals surface area contributed by atoms with Gasteiger partial charge in [-0.2, -0.15) is 0 Å². The van der Waals surface area contributed by atoms with Gasteiger partial charge < -0.3 is 5.11 Å². The molecule has 2 aromatic carbocycles. The molecular formula is C21H20N2O2. The molecule has 0 bridgehead atoms. The van der Waals surface area contributed by atoms with Crippen LogP contribution in [0.1, 0.15) is 24.1 Å². The first-order chi connectivity index (χ1) is 12.3. The second kappa shape index (κ2) is 6.48. The van der Waals surface area contributed by atoms with Gasteiger partial charge in [-0.1, -0.05) is 36.4 Å². The maximum atomic E-state index is 12.9. The van der Waals surface area contributed by atoms with Gasteiger partial charge in [-0.05, 0) is 49.9 Å². The highest BCUT2D eigenvalue weighted by Gasteiger charge is 2.23. The van der Waals surface area contributed by atoms with Gasteiger partial charge in [0, 0.05) is 11.6 Å². The van der Waals surface area contributed by atoms with Crippen molar-refractivity contribution in [3.63, 3.8) is 0 Å². The van der Waals surface area contributed by atoms with Crippen molar-refractivity contribution < 1.29 is 5.11 Å². The number of hydrogen-bond acceptors (Lipinski definition) is 3. The van der Waals surface area contributed by atoms with Crippen molar-refractivity contribution in [3.05, 3.63) is 88.3 Å². The van der Waals surface area contributed by atoms with Crippen molar-refractivity contribution in [2.45, 2.75) is 25.7 Å². The van der Waals surface area contributed by atoms with Crippen LogP contribution in [0.15, 0.2) is 71.5 Å². The summed E-state index contributed by atoms with van der Waals surface area (Å²) in [4.78, 5) is 12.9. The second-order valence-electron chi connectivity index (χ2n) is 6.29. The Morgan fingerprint density at radius 3 is 2.00 bits per heavy atom. The number of pyridine rings is 1.